The van der Waals surface area contributed by atoms with Crippen molar-refractivity contribution >= 4 is 17.5 Å². The molecule has 0 aromatic carbocycles. The predicted molar refractivity (Wildman–Crippen MR) is 75.6 cm³/mol. The van der Waals surface area contributed by atoms with Crippen LogP contribution in [0.5, 0.6) is 0 Å². The topological polar surface area (TPSA) is 84.2 Å². The highest BCUT2D eigenvalue weighted by atomic mass is 16.6. The Morgan fingerprint density at radius 3 is 2.74 bits per heavy atom. The van der Waals surface area contributed by atoms with Gasteiger partial charge in [-0.1, -0.05) is 19.8 Å². The highest BCUT2D eigenvalue weighted by molar-refractivity contribution is 5.58. The number of rotatable bonds is 8. The number of nitrogens with one attached hydrogen (secondary N) is 1. The molecule has 0 bridgehead atoms. The Bertz CT molecular complexity index is 425. The predicted octanol–water partition coefficient (Wildman–Crippen LogP) is 2.44. The van der Waals surface area contributed by atoms with Crippen molar-refractivity contribution in [2.45, 2.75) is 33.1 Å². The first-order valence-electron chi connectivity index (χ1n) is 6.56. The number of aromatic nitrogens is 2. The highest BCUT2D eigenvalue weighted by Crippen LogP contribution is 2.25. The molecule has 1 aromatic rings. The maximum Gasteiger partial charge on any atom is 0.329 e. The van der Waals surface area contributed by atoms with Crippen LogP contribution in [0.1, 0.15) is 33.1 Å². The van der Waals surface area contributed by atoms with E-state index in [-0.39, 0.29) is 5.69 Å². The minimum Gasteiger partial charge on any atom is -0.354 e. The van der Waals surface area contributed by atoms with Crippen molar-refractivity contribution < 1.29 is 4.92 Å². The number of anilines is 2. The Morgan fingerprint density at radius 2 is 2.16 bits per heavy atom. The van der Waals surface area contributed by atoms with E-state index in [9.17, 15) is 10.1 Å². The number of hydrogen-bond donors (Lipinski definition) is 1. The van der Waals surface area contributed by atoms with Crippen molar-refractivity contribution in [2.75, 3.05) is 30.4 Å². The van der Waals surface area contributed by atoms with Crippen LogP contribution >= 0.6 is 0 Å². The molecule has 0 radical (unpaired) electrons. The smallest absolute Gasteiger partial charge is 0.329 e. The lowest BCUT2D eigenvalue weighted by Crippen LogP contribution is -2.21. The molecule has 0 aliphatic heterocycles. The zero-order chi connectivity index (χ0) is 14.3. The molecule has 1 aromatic heterocycles. The van der Waals surface area contributed by atoms with Crippen molar-refractivity contribution in [1.82, 2.24) is 9.97 Å². The zero-order valence-corrected chi connectivity index (χ0v) is 11.7. The summed E-state index contributed by atoms with van der Waals surface area (Å²) in [5, 5.41) is 14.0. The summed E-state index contributed by atoms with van der Waals surface area (Å²) in [6.07, 6.45) is 4.47. The minimum atomic E-state index is -0.443. The molecule has 0 spiro atoms. The molecule has 0 saturated carbocycles. The monoisotopic (exact) mass is 267 g/mol. The van der Waals surface area contributed by atoms with Gasteiger partial charge in [0.25, 0.3) is 0 Å². The van der Waals surface area contributed by atoms with Gasteiger partial charge in [0.1, 0.15) is 6.20 Å². The Morgan fingerprint density at radius 1 is 1.42 bits per heavy atom. The number of hydrogen-bond acceptors (Lipinski definition) is 6. The number of nitro groups is 1. The lowest BCUT2D eigenvalue weighted by molar-refractivity contribution is -0.384. The van der Waals surface area contributed by atoms with Gasteiger partial charge < -0.3 is 10.2 Å². The summed E-state index contributed by atoms with van der Waals surface area (Å²) in [6.45, 7) is 5.47. The van der Waals surface area contributed by atoms with Gasteiger partial charge in [0, 0.05) is 20.1 Å². The Labute approximate surface area is 113 Å². The lowest BCUT2D eigenvalue weighted by atomic mass is 10.2. The average Bonchev–Trinajstić information content (AvgIpc) is 2.39. The van der Waals surface area contributed by atoms with Crippen LogP contribution in [0, 0.1) is 10.1 Å². The number of nitrogens with zero attached hydrogens (tertiary/aromatic N) is 4. The second kappa shape index (κ2) is 7.50. The quantitative estimate of drug-likeness (QED) is 0.442. The molecule has 0 atom stereocenters. The van der Waals surface area contributed by atoms with E-state index in [1.807, 2.05) is 18.9 Å². The molecule has 19 heavy (non-hydrogen) atoms. The lowest BCUT2D eigenvalue weighted by Gasteiger charge is -2.18. The van der Waals surface area contributed by atoms with E-state index in [2.05, 4.69) is 22.2 Å². The van der Waals surface area contributed by atoms with Crippen LogP contribution in [0.3, 0.4) is 0 Å². The van der Waals surface area contributed by atoms with E-state index in [1.165, 1.54) is 6.20 Å². The molecule has 0 unspecified atom stereocenters. The molecule has 106 valence electrons. The molecule has 0 aliphatic carbocycles. The van der Waals surface area contributed by atoms with E-state index in [0.29, 0.717) is 18.3 Å². The third-order valence-electron chi connectivity index (χ3n) is 2.74. The summed E-state index contributed by atoms with van der Waals surface area (Å²) in [5.41, 5.74) is -0.0550. The molecule has 7 heteroatoms. The zero-order valence-electron chi connectivity index (χ0n) is 11.7. The van der Waals surface area contributed by atoms with E-state index in [1.54, 1.807) is 0 Å². The molecular formula is C12H21N5O2. The van der Waals surface area contributed by atoms with Crippen molar-refractivity contribution in [3.05, 3.63) is 16.3 Å². The van der Waals surface area contributed by atoms with Crippen molar-refractivity contribution in [1.29, 1.82) is 0 Å². The van der Waals surface area contributed by atoms with Crippen LogP contribution in [0.15, 0.2) is 6.20 Å². The standard InChI is InChI=1S/C12H21N5O2/c1-4-6-7-8-16(3)11-10(17(18)19)9-14-12(15-11)13-5-2/h9H,4-8H2,1-3H3,(H,13,14,15). The van der Waals surface area contributed by atoms with Gasteiger partial charge in [-0.15, -0.1) is 0 Å². The van der Waals surface area contributed by atoms with E-state index in [0.717, 1.165) is 25.8 Å². The molecule has 7 nitrogen and oxygen atoms in total. The van der Waals surface area contributed by atoms with Gasteiger partial charge in [0.05, 0.1) is 4.92 Å². The molecule has 0 aliphatic rings. The Hall–Kier alpha value is -1.92. The molecule has 0 saturated heterocycles. The van der Waals surface area contributed by atoms with Crippen LogP contribution in [-0.4, -0.2) is 35.0 Å². The van der Waals surface area contributed by atoms with Crippen LogP contribution in [-0.2, 0) is 0 Å². The van der Waals surface area contributed by atoms with Crippen molar-refractivity contribution in [3.8, 4) is 0 Å². The maximum atomic E-state index is 11.0. The fourth-order valence-corrected chi connectivity index (χ4v) is 1.72. The average molecular weight is 267 g/mol. The first kappa shape index (κ1) is 15.1. The summed E-state index contributed by atoms with van der Waals surface area (Å²) in [4.78, 5) is 20.5. The Kier molecular flexibility index (Phi) is 5.98. The summed E-state index contributed by atoms with van der Waals surface area (Å²) in [6, 6.07) is 0. The normalized spacial score (nSPS) is 10.3. The second-order valence-electron chi connectivity index (χ2n) is 4.32. The first-order chi connectivity index (χ1) is 9.10. The second-order valence-corrected chi connectivity index (χ2v) is 4.32. The van der Waals surface area contributed by atoms with Gasteiger partial charge in [0.2, 0.25) is 11.8 Å². The third kappa shape index (κ3) is 4.35. The minimum absolute atomic E-state index is 0.0550. The fourth-order valence-electron chi connectivity index (χ4n) is 1.72. The summed E-state index contributed by atoms with van der Waals surface area (Å²) < 4.78 is 0. The van der Waals surface area contributed by atoms with Gasteiger partial charge in [-0.2, -0.15) is 4.98 Å². The number of unbranched alkanes of at least 4 members (excludes halogenated alkanes) is 2. The summed E-state index contributed by atoms with van der Waals surface area (Å²) in [5.74, 6) is 0.789. The maximum absolute atomic E-state index is 11.0. The molecular weight excluding hydrogens is 246 g/mol. The van der Waals surface area contributed by atoms with Crippen molar-refractivity contribution in [2.24, 2.45) is 0 Å². The Balaban J connectivity index is 2.92. The molecule has 0 amide bonds. The third-order valence-corrected chi connectivity index (χ3v) is 2.74. The first-order valence-corrected chi connectivity index (χ1v) is 6.56. The van der Waals surface area contributed by atoms with E-state index < -0.39 is 4.92 Å². The largest absolute Gasteiger partial charge is 0.354 e. The summed E-state index contributed by atoms with van der Waals surface area (Å²) >= 11 is 0. The van der Waals surface area contributed by atoms with Crippen LogP contribution in [0.2, 0.25) is 0 Å². The van der Waals surface area contributed by atoms with Crippen LogP contribution in [0.4, 0.5) is 17.5 Å². The SMILES string of the molecule is CCCCCN(C)c1nc(NCC)ncc1[N+](=O)[O-]. The van der Waals surface area contributed by atoms with Gasteiger partial charge in [-0.3, -0.25) is 10.1 Å². The van der Waals surface area contributed by atoms with Crippen LogP contribution in [0.25, 0.3) is 0 Å². The van der Waals surface area contributed by atoms with Gasteiger partial charge in [-0.25, -0.2) is 4.98 Å². The molecule has 0 fully saturated rings. The molecule has 1 rings (SSSR count). The molecule has 1 heterocycles. The van der Waals surface area contributed by atoms with Crippen molar-refractivity contribution in [3.63, 3.8) is 0 Å². The van der Waals surface area contributed by atoms with E-state index in [4.69, 9.17) is 0 Å². The highest BCUT2D eigenvalue weighted by Gasteiger charge is 2.20. The summed E-state index contributed by atoms with van der Waals surface area (Å²) in [7, 11) is 1.82. The van der Waals surface area contributed by atoms with Gasteiger partial charge >= 0.3 is 5.69 Å². The van der Waals surface area contributed by atoms with Gasteiger partial charge in [0.15, 0.2) is 0 Å². The molecule has 1 N–H and O–H groups in total. The fraction of sp³-hybridized carbons (Fsp3) is 0.667. The van der Waals surface area contributed by atoms with E-state index >= 15 is 0 Å². The van der Waals surface area contributed by atoms with Gasteiger partial charge in [-0.05, 0) is 13.3 Å². The van der Waals surface area contributed by atoms with Crippen LogP contribution < -0.4 is 10.2 Å².